The lowest BCUT2D eigenvalue weighted by Gasteiger charge is -2.36. The maximum atomic E-state index is 12.8. The van der Waals surface area contributed by atoms with Crippen LogP contribution >= 0.6 is 0 Å². The van der Waals surface area contributed by atoms with Crippen LogP contribution in [0, 0.1) is 5.92 Å². The summed E-state index contributed by atoms with van der Waals surface area (Å²) in [5.41, 5.74) is 0.613. The second-order valence-corrected chi connectivity index (χ2v) is 8.00. The molecule has 148 valence electrons. The number of aliphatic hydroxyl groups is 1. The van der Waals surface area contributed by atoms with E-state index in [1.807, 2.05) is 20.8 Å². The van der Waals surface area contributed by atoms with Crippen molar-refractivity contribution in [2.24, 2.45) is 5.92 Å². The summed E-state index contributed by atoms with van der Waals surface area (Å²) >= 11 is 0. The predicted octanol–water partition coefficient (Wildman–Crippen LogP) is 3.91. The SMILES string of the molecule is CC1=CC(=O)C(c2c(C=O)c(O)c(O)c3c2[C@@H](C(C)C)CC[C@@H]3C)=C(O)C1=O. The molecule has 0 heterocycles. The highest BCUT2D eigenvalue weighted by atomic mass is 16.3. The van der Waals surface area contributed by atoms with E-state index in [0.717, 1.165) is 18.9 Å². The van der Waals surface area contributed by atoms with Crippen LogP contribution in [0.2, 0.25) is 0 Å². The zero-order valence-electron chi connectivity index (χ0n) is 16.4. The highest BCUT2D eigenvalue weighted by molar-refractivity contribution is 6.37. The van der Waals surface area contributed by atoms with Gasteiger partial charge in [0.1, 0.15) is 0 Å². The van der Waals surface area contributed by atoms with E-state index < -0.39 is 23.1 Å². The summed E-state index contributed by atoms with van der Waals surface area (Å²) in [7, 11) is 0. The maximum Gasteiger partial charge on any atom is 0.223 e. The van der Waals surface area contributed by atoms with Gasteiger partial charge in [-0.05, 0) is 49.2 Å². The molecule has 2 aliphatic rings. The second-order valence-electron chi connectivity index (χ2n) is 8.00. The first-order valence-corrected chi connectivity index (χ1v) is 9.39. The average molecular weight is 384 g/mol. The van der Waals surface area contributed by atoms with E-state index in [1.165, 1.54) is 6.92 Å². The highest BCUT2D eigenvalue weighted by Gasteiger charge is 2.39. The van der Waals surface area contributed by atoms with E-state index in [4.69, 9.17) is 0 Å². The lowest BCUT2D eigenvalue weighted by Crippen LogP contribution is -2.24. The summed E-state index contributed by atoms with van der Waals surface area (Å²) < 4.78 is 0. The first-order valence-electron chi connectivity index (χ1n) is 9.39. The van der Waals surface area contributed by atoms with Crippen LogP contribution in [0.1, 0.15) is 79.4 Å². The zero-order chi connectivity index (χ0) is 20.9. The van der Waals surface area contributed by atoms with Crippen LogP contribution in [0.5, 0.6) is 11.5 Å². The number of fused-ring (bicyclic) bond motifs is 1. The molecule has 0 fully saturated rings. The van der Waals surface area contributed by atoms with Crippen LogP contribution in [-0.2, 0) is 9.59 Å². The Morgan fingerprint density at radius 1 is 1.07 bits per heavy atom. The summed E-state index contributed by atoms with van der Waals surface area (Å²) in [6.45, 7) is 7.30. The third kappa shape index (κ3) is 2.75. The topological polar surface area (TPSA) is 112 Å². The Labute approximate surface area is 163 Å². The van der Waals surface area contributed by atoms with Gasteiger partial charge >= 0.3 is 0 Å². The van der Waals surface area contributed by atoms with Gasteiger partial charge in [0.25, 0.3) is 0 Å². The fraction of sp³-hybridized carbons (Fsp3) is 0.409. The van der Waals surface area contributed by atoms with Crippen LogP contribution in [0.25, 0.3) is 5.57 Å². The Morgan fingerprint density at radius 3 is 2.29 bits per heavy atom. The summed E-state index contributed by atoms with van der Waals surface area (Å²) in [4.78, 5) is 36.9. The Hall–Kier alpha value is -2.89. The van der Waals surface area contributed by atoms with Gasteiger partial charge in [-0.25, -0.2) is 0 Å². The number of carbonyl (C=O) groups excluding carboxylic acids is 3. The number of aliphatic hydroxyl groups excluding tert-OH is 1. The monoisotopic (exact) mass is 384 g/mol. The molecule has 3 N–H and O–H groups in total. The molecule has 3 rings (SSSR count). The first kappa shape index (κ1) is 19.9. The Morgan fingerprint density at radius 2 is 1.71 bits per heavy atom. The molecule has 1 aromatic carbocycles. The van der Waals surface area contributed by atoms with Gasteiger partial charge in [0.2, 0.25) is 5.78 Å². The van der Waals surface area contributed by atoms with Crippen molar-refractivity contribution in [3.63, 3.8) is 0 Å². The molecule has 28 heavy (non-hydrogen) atoms. The first-order chi connectivity index (χ1) is 13.1. The van der Waals surface area contributed by atoms with Crippen LogP contribution in [0.4, 0.5) is 0 Å². The van der Waals surface area contributed by atoms with Gasteiger partial charge in [-0.3, -0.25) is 14.4 Å². The number of ketones is 2. The number of aromatic hydroxyl groups is 2. The minimum atomic E-state index is -0.735. The number of allylic oxidation sites excluding steroid dienone is 3. The van der Waals surface area contributed by atoms with Gasteiger partial charge in [-0.1, -0.05) is 20.8 Å². The number of Topliss-reactive ketones (excluding diaryl/α,β-unsaturated/α-hetero) is 1. The van der Waals surface area contributed by atoms with Crippen LogP contribution in [0.3, 0.4) is 0 Å². The van der Waals surface area contributed by atoms with E-state index in [9.17, 15) is 29.7 Å². The minimum Gasteiger partial charge on any atom is -0.504 e. The lowest BCUT2D eigenvalue weighted by molar-refractivity contribution is -0.116. The molecule has 0 aliphatic heterocycles. The number of carbonyl (C=O) groups is 3. The number of hydrogen-bond acceptors (Lipinski definition) is 6. The number of phenolic OH excluding ortho intramolecular Hbond substituents is 2. The molecule has 6 nitrogen and oxygen atoms in total. The zero-order valence-corrected chi connectivity index (χ0v) is 16.4. The number of benzene rings is 1. The molecule has 0 amide bonds. The number of aldehydes is 1. The summed E-state index contributed by atoms with van der Waals surface area (Å²) in [5.74, 6) is -3.16. The van der Waals surface area contributed by atoms with Crippen molar-refractivity contribution in [1.29, 1.82) is 0 Å². The number of rotatable bonds is 3. The van der Waals surface area contributed by atoms with Crippen LogP contribution in [-0.4, -0.2) is 33.2 Å². The molecule has 0 bridgehead atoms. The molecule has 0 saturated heterocycles. The van der Waals surface area contributed by atoms with Gasteiger partial charge in [-0.15, -0.1) is 0 Å². The van der Waals surface area contributed by atoms with Crippen molar-refractivity contribution >= 4 is 23.4 Å². The molecule has 0 spiro atoms. The normalized spacial score (nSPS) is 22.4. The highest BCUT2D eigenvalue weighted by Crippen LogP contribution is 2.53. The standard InChI is InChI=1S/C22H24O6/c1-9(2)12-6-5-10(3)15-16(12)17(13(8-23)20(26)21(15)27)18-14(24)7-11(4)19(25)22(18)28/h7-10,12,26-28H,5-6H2,1-4H3/t10-,12+/m0/s1. The van der Waals surface area contributed by atoms with Gasteiger partial charge < -0.3 is 15.3 Å². The van der Waals surface area contributed by atoms with Gasteiger partial charge in [0, 0.05) is 16.7 Å². The van der Waals surface area contributed by atoms with Crippen LogP contribution < -0.4 is 0 Å². The van der Waals surface area contributed by atoms with Crippen molar-refractivity contribution in [2.45, 2.75) is 52.4 Å². The molecular weight excluding hydrogens is 360 g/mol. The molecule has 0 unspecified atom stereocenters. The van der Waals surface area contributed by atoms with E-state index in [-0.39, 0.29) is 45.8 Å². The quantitative estimate of drug-likeness (QED) is 0.414. The van der Waals surface area contributed by atoms with Crippen molar-refractivity contribution in [2.75, 3.05) is 0 Å². The van der Waals surface area contributed by atoms with Crippen molar-refractivity contribution < 1.29 is 29.7 Å². The Balaban J connectivity index is 2.50. The lowest BCUT2D eigenvalue weighted by atomic mass is 9.68. The average Bonchev–Trinajstić information content (AvgIpc) is 2.63. The molecular formula is C22H24O6. The molecule has 6 heteroatoms. The number of hydrogen-bond donors (Lipinski definition) is 3. The maximum absolute atomic E-state index is 12.8. The van der Waals surface area contributed by atoms with Crippen LogP contribution in [0.15, 0.2) is 17.4 Å². The molecule has 0 radical (unpaired) electrons. The molecule has 2 aliphatic carbocycles. The largest absolute Gasteiger partial charge is 0.504 e. The third-order valence-corrected chi connectivity index (χ3v) is 5.91. The van der Waals surface area contributed by atoms with E-state index in [2.05, 4.69) is 0 Å². The van der Waals surface area contributed by atoms with Crippen molar-refractivity contribution in [3.8, 4) is 11.5 Å². The van der Waals surface area contributed by atoms with Gasteiger partial charge in [0.05, 0.1) is 11.1 Å². The fourth-order valence-electron chi connectivity index (χ4n) is 4.43. The van der Waals surface area contributed by atoms with E-state index in [1.54, 1.807) is 0 Å². The number of phenols is 2. The Bertz CT molecular complexity index is 964. The molecule has 1 aromatic rings. The summed E-state index contributed by atoms with van der Waals surface area (Å²) in [6, 6.07) is 0. The van der Waals surface area contributed by atoms with Crippen molar-refractivity contribution in [3.05, 3.63) is 39.7 Å². The van der Waals surface area contributed by atoms with Crippen molar-refractivity contribution in [1.82, 2.24) is 0 Å². The summed E-state index contributed by atoms with van der Waals surface area (Å²) in [5, 5.41) is 31.6. The fourth-order valence-corrected chi connectivity index (χ4v) is 4.43. The summed E-state index contributed by atoms with van der Waals surface area (Å²) in [6.07, 6.45) is 3.00. The van der Waals surface area contributed by atoms with E-state index >= 15 is 0 Å². The molecule has 2 atom stereocenters. The van der Waals surface area contributed by atoms with E-state index in [0.29, 0.717) is 17.4 Å². The smallest absolute Gasteiger partial charge is 0.223 e. The van der Waals surface area contributed by atoms with Gasteiger partial charge in [-0.2, -0.15) is 0 Å². The Kier molecular flexibility index (Phi) is 4.91. The molecule has 0 aromatic heterocycles. The predicted molar refractivity (Wildman–Crippen MR) is 104 cm³/mol. The third-order valence-electron chi connectivity index (χ3n) is 5.91. The second kappa shape index (κ2) is 6.93. The molecule has 0 saturated carbocycles. The van der Waals surface area contributed by atoms with Gasteiger partial charge in [0.15, 0.2) is 29.3 Å². The minimum absolute atomic E-state index is 0.0603.